The number of nitrogens with zero attached hydrogens (tertiary/aromatic N) is 2. The van der Waals surface area contributed by atoms with Gasteiger partial charge in [-0.3, -0.25) is 9.79 Å². The standard InChI is InChI=1S/C23H30N4O4/c1-16(18-14-17(29-3)10-11-20(18)30-4)26-23(24-2)25-12-7-13-27-19-8-5-6-9-21(19)31-15-22(27)28/h5-6,8-11,14,16H,7,12-13,15H2,1-4H3,(H2,24,25,26). The van der Waals surface area contributed by atoms with Crippen molar-refractivity contribution >= 4 is 17.6 Å². The van der Waals surface area contributed by atoms with Gasteiger partial charge in [0, 0.05) is 25.7 Å². The van der Waals surface area contributed by atoms with Gasteiger partial charge in [0.05, 0.1) is 25.9 Å². The van der Waals surface area contributed by atoms with Crippen molar-refractivity contribution in [1.29, 1.82) is 0 Å². The number of hydrogen-bond donors (Lipinski definition) is 2. The summed E-state index contributed by atoms with van der Waals surface area (Å²) in [5.41, 5.74) is 1.79. The first-order valence-electron chi connectivity index (χ1n) is 10.3. The summed E-state index contributed by atoms with van der Waals surface area (Å²) in [6.45, 7) is 3.37. The zero-order valence-corrected chi connectivity index (χ0v) is 18.5. The number of para-hydroxylation sites is 2. The maximum absolute atomic E-state index is 12.3. The third-order valence-corrected chi connectivity index (χ3v) is 5.14. The van der Waals surface area contributed by atoms with E-state index in [0.29, 0.717) is 19.0 Å². The number of nitrogens with one attached hydrogen (secondary N) is 2. The van der Waals surface area contributed by atoms with E-state index in [4.69, 9.17) is 14.2 Å². The first-order chi connectivity index (χ1) is 15.1. The van der Waals surface area contributed by atoms with Gasteiger partial charge in [-0.1, -0.05) is 12.1 Å². The second-order valence-electron chi connectivity index (χ2n) is 7.13. The van der Waals surface area contributed by atoms with Crippen LogP contribution in [-0.2, 0) is 4.79 Å². The van der Waals surface area contributed by atoms with Gasteiger partial charge in [-0.15, -0.1) is 0 Å². The van der Waals surface area contributed by atoms with Gasteiger partial charge in [-0.25, -0.2) is 0 Å². The molecule has 2 aromatic carbocycles. The third-order valence-electron chi connectivity index (χ3n) is 5.14. The Labute approximate surface area is 183 Å². The van der Waals surface area contributed by atoms with Gasteiger partial charge in [0.1, 0.15) is 17.2 Å². The van der Waals surface area contributed by atoms with E-state index in [0.717, 1.165) is 34.9 Å². The van der Waals surface area contributed by atoms with Crippen LogP contribution in [0.2, 0.25) is 0 Å². The maximum Gasteiger partial charge on any atom is 0.265 e. The molecule has 2 N–H and O–H groups in total. The van der Waals surface area contributed by atoms with Crippen molar-refractivity contribution in [2.75, 3.05) is 45.9 Å². The van der Waals surface area contributed by atoms with Crippen molar-refractivity contribution in [3.8, 4) is 17.2 Å². The zero-order valence-electron chi connectivity index (χ0n) is 18.5. The topological polar surface area (TPSA) is 84.4 Å². The first kappa shape index (κ1) is 22.3. The Balaban J connectivity index is 1.54. The minimum Gasteiger partial charge on any atom is -0.497 e. The van der Waals surface area contributed by atoms with Crippen molar-refractivity contribution in [3.05, 3.63) is 48.0 Å². The predicted octanol–water partition coefficient (Wildman–Crippen LogP) is 2.75. The lowest BCUT2D eigenvalue weighted by atomic mass is 10.1. The van der Waals surface area contributed by atoms with Crippen LogP contribution in [0.5, 0.6) is 17.2 Å². The number of carbonyl (C=O) groups excluding carboxylic acids is 1. The van der Waals surface area contributed by atoms with Crippen molar-refractivity contribution in [1.82, 2.24) is 10.6 Å². The SMILES string of the molecule is CN=C(NCCCN1C(=O)COc2ccccc21)NC(C)c1cc(OC)ccc1OC. The van der Waals surface area contributed by atoms with Crippen LogP contribution < -0.4 is 29.7 Å². The normalized spacial score (nSPS) is 14.4. The van der Waals surface area contributed by atoms with Crippen molar-refractivity contribution < 1.29 is 19.0 Å². The van der Waals surface area contributed by atoms with Crippen LogP contribution in [0.1, 0.15) is 24.9 Å². The van der Waals surface area contributed by atoms with Gasteiger partial charge < -0.3 is 29.7 Å². The molecular weight excluding hydrogens is 396 g/mol. The Morgan fingerprint density at radius 2 is 2.03 bits per heavy atom. The summed E-state index contributed by atoms with van der Waals surface area (Å²) in [6, 6.07) is 13.3. The molecule has 0 bridgehead atoms. The average molecular weight is 427 g/mol. The molecule has 0 aromatic heterocycles. The summed E-state index contributed by atoms with van der Waals surface area (Å²) >= 11 is 0. The molecule has 0 saturated heterocycles. The fourth-order valence-corrected chi connectivity index (χ4v) is 3.50. The smallest absolute Gasteiger partial charge is 0.265 e. The van der Waals surface area contributed by atoms with E-state index >= 15 is 0 Å². The van der Waals surface area contributed by atoms with Crippen LogP contribution in [0, 0.1) is 0 Å². The highest BCUT2D eigenvalue weighted by atomic mass is 16.5. The molecule has 1 unspecified atom stereocenters. The lowest BCUT2D eigenvalue weighted by Crippen LogP contribution is -2.42. The minimum atomic E-state index is -0.0519. The molecule has 1 atom stereocenters. The molecule has 166 valence electrons. The van der Waals surface area contributed by atoms with Crippen LogP contribution in [0.4, 0.5) is 5.69 Å². The number of rotatable bonds is 8. The number of carbonyl (C=O) groups is 1. The second-order valence-corrected chi connectivity index (χ2v) is 7.13. The largest absolute Gasteiger partial charge is 0.497 e. The molecule has 1 aliphatic heterocycles. The van der Waals surface area contributed by atoms with Gasteiger partial charge in [0.15, 0.2) is 12.6 Å². The number of aliphatic imine (C=N–C) groups is 1. The molecule has 0 radical (unpaired) electrons. The van der Waals surface area contributed by atoms with Gasteiger partial charge in [-0.2, -0.15) is 0 Å². The van der Waals surface area contributed by atoms with E-state index in [1.807, 2.05) is 49.4 Å². The molecule has 1 heterocycles. The Hall–Kier alpha value is -3.42. The highest BCUT2D eigenvalue weighted by Gasteiger charge is 2.24. The highest BCUT2D eigenvalue weighted by molar-refractivity contribution is 5.97. The molecule has 8 heteroatoms. The van der Waals surface area contributed by atoms with Crippen LogP contribution in [0.25, 0.3) is 0 Å². The molecule has 8 nitrogen and oxygen atoms in total. The van der Waals surface area contributed by atoms with E-state index in [9.17, 15) is 4.79 Å². The number of fused-ring (bicyclic) bond motifs is 1. The number of anilines is 1. The number of guanidine groups is 1. The van der Waals surface area contributed by atoms with Gasteiger partial charge in [0.25, 0.3) is 5.91 Å². The molecule has 1 aliphatic rings. The van der Waals surface area contributed by atoms with E-state index in [-0.39, 0.29) is 18.6 Å². The van der Waals surface area contributed by atoms with E-state index in [1.165, 1.54) is 0 Å². The quantitative estimate of drug-likeness (QED) is 0.384. The van der Waals surface area contributed by atoms with E-state index in [2.05, 4.69) is 15.6 Å². The molecular formula is C23H30N4O4. The molecule has 0 spiro atoms. The summed E-state index contributed by atoms with van der Waals surface area (Å²) in [7, 11) is 5.02. The number of hydrogen-bond acceptors (Lipinski definition) is 5. The van der Waals surface area contributed by atoms with Crippen molar-refractivity contribution in [2.24, 2.45) is 4.99 Å². The number of methoxy groups -OCH3 is 2. The summed E-state index contributed by atoms with van der Waals surface area (Å²) in [5.74, 6) is 2.93. The number of ether oxygens (including phenoxy) is 3. The Bertz CT molecular complexity index is 932. The molecule has 31 heavy (non-hydrogen) atoms. The molecule has 0 aliphatic carbocycles. The van der Waals surface area contributed by atoms with E-state index < -0.39 is 0 Å². The summed E-state index contributed by atoms with van der Waals surface area (Å²) in [4.78, 5) is 18.4. The number of benzene rings is 2. The third kappa shape index (κ3) is 5.39. The predicted molar refractivity (Wildman–Crippen MR) is 121 cm³/mol. The fourth-order valence-electron chi connectivity index (χ4n) is 3.50. The van der Waals surface area contributed by atoms with Crippen LogP contribution in [-0.4, -0.2) is 52.8 Å². The van der Waals surface area contributed by atoms with Crippen LogP contribution >= 0.6 is 0 Å². The molecule has 3 rings (SSSR count). The monoisotopic (exact) mass is 426 g/mol. The van der Waals surface area contributed by atoms with Gasteiger partial charge in [0.2, 0.25) is 0 Å². The van der Waals surface area contributed by atoms with Crippen molar-refractivity contribution in [3.63, 3.8) is 0 Å². The molecule has 0 saturated carbocycles. The van der Waals surface area contributed by atoms with Gasteiger partial charge >= 0.3 is 0 Å². The minimum absolute atomic E-state index is 0.0278. The zero-order chi connectivity index (χ0) is 22.2. The Morgan fingerprint density at radius 1 is 1.23 bits per heavy atom. The van der Waals surface area contributed by atoms with Crippen LogP contribution in [0.3, 0.4) is 0 Å². The van der Waals surface area contributed by atoms with Gasteiger partial charge in [-0.05, 0) is 43.7 Å². The maximum atomic E-state index is 12.3. The highest BCUT2D eigenvalue weighted by Crippen LogP contribution is 2.31. The van der Waals surface area contributed by atoms with Crippen LogP contribution in [0.15, 0.2) is 47.5 Å². The summed E-state index contributed by atoms with van der Waals surface area (Å²) in [5, 5.41) is 6.69. The molecule has 1 amide bonds. The van der Waals surface area contributed by atoms with E-state index in [1.54, 1.807) is 26.2 Å². The lowest BCUT2D eigenvalue weighted by Gasteiger charge is -2.29. The molecule has 2 aromatic rings. The second kappa shape index (κ2) is 10.6. The summed E-state index contributed by atoms with van der Waals surface area (Å²) in [6.07, 6.45) is 0.762. The average Bonchev–Trinajstić information content (AvgIpc) is 2.81. The lowest BCUT2D eigenvalue weighted by molar-refractivity contribution is -0.121. The first-order valence-corrected chi connectivity index (χ1v) is 10.3. The molecule has 0 fully saturated rings. The van der Waals surface area contributed by atoms with Crippen molar-refractivity contribution in [2.45, 2.75) is 19.4 Å². The number of amides is 1. The Kier molecular flexibility index (Phi) is 7.59. The summed E-state index contributed by atoms with van der Waals surface area (Å²) < 4.78 is 16.3. The fraction of sp³-hybridized carbons (Fsp3) is 0.391. The Morgan fingerprint density at radius 3 is 2.77 bits per heavy atom.